The first-order valence-corrected chi connectivity index (χ1v) is 7.45. The van der Waals surface area contributed by atoms with E-state index in [0.29, 0.717) is 0 Å². The topological polar surface area (TPSA) is 56.8 Å². The van der Waals surface area contributed by atoms with E-state index in [4.69, 9.17) is 14.0 Å². The summed E-state index contributed by atoms with van der Waals surface area (Å²) in [5.41, 5.74) is -0.0640. The third-order valence-corrected chi connectivity index (χ3v) is 4.13. The Balaban J connectivity index is 1.87. The van der Waals surface area contributed by atoms with Gasteiger partial charge in [-0.3, -0.25) is 0 Å². The highest BCUT2D eigenvalue weighted by Gasteiger charge is 2.53. The van der Waals surface area contributed by atoms with Gasteiger partial charge in [-0.25, -0.2) is 4.79 Å². The first-order chi connectivity index (χ1) is 9.40. The van der Waals surface area contributed by atoms with Crippen LogP contribution >= 0.6 is 0 Å². The maximum absolute atomic E-state index is 11.7. The van der Waals surface area contributed by atoms with Crippen LogP contribution in [0.2, 0.25) is 0 Å². The van der Waals surface area contributed by atoms with Gasteiger partial charge in [0, 0.05) is 0 Å². The molecule has 1 heterocycles. The molecule has 0 aromatic carbocycles. The monoisotopic (exact) mass is 295 g/mol. The van der Waals surface area contributed by atoms with Crippen LogP contribution < -0.4 is 5.32 Å². The van der Waals surface area contributed by atoms with Gasteiger partial charge in [0.1, 0.15) is 5.60 Å². The van der Waals surface area contributed by atoms with Gasteiger partial charge in [-0.2, -0.15) is 0 Å². The molecule has 0 aromatic rings. The Morgan fingerprint density at radius 2 is 1.76 bits per heavy atom. The van der Waals surface area contributed by atoms with Gasteiger partial charge >= 0.3 is 13.2 Å². The lowest BCUT2D eigenvalue weighted by atomic mass is 9.68. The molecule has 1 atom stereocenters. The smallest absolute Gasteiger partial charge is 0.444 e. The number of carbonyl (C=O) groups excluding carboxylic acids is 1. The summed E-state index contributed by atoms with van der Waals surface area (Å²) < 4.78 is 17.2. The zero-order valence-corrected chi connectivity index (χ0v) is 14.1. The third kappa shape index (κ3) is 3.61. The molecule has 0 aromatic heterocycles. The number of hydrogen-bond acceptors (Lipinski definition) is 4. The third-order valence-electron chi connectivity index (χ3n) is 4.13. The first kappa shape index (κ1) is 16.4. The quantitative estimate of drug-likeness (QED) is 0.796. The summed E-state index contributed by atoms with van der Waals surface area (Å²) in [5, 5.41) is 2.82. The lowest BCUT2D eigenvalue weighted by Gasteiger charge is -2.32. The molecule has 1 unspecified atom stereocenters. The van der Waals surface area contributed by atoms with Crippen LogP contribution in [-0.4, -0.2) is 36.1 Å². The maximum Gasteiger partial charge on any atom is 0.490 e. The summed E-state index contributed by atoms with van der Waals surface area (Å²) in [7, 11) is -0.313. The van der Waals surface area contributed by atoms with Crippen molar-refractivity contribution in [2.45, 2.75) is 77.7 Å². The summed E-state index contributed by atoms with van der Waals surface area (Å²) in [6, 6.07) is -0.00567. The zero-order valence-electron chi connectivity index (χ0n) is 14.1. The van der Waals surface area contributed by atoms with Gasteiger partial charge in [-0.05, 0) is 60.4 Å². The van der Waals surface area contributed by atoms with Crippen LogP contribution in [-0.2, 0) is 14.0 Å². The molecule has 1 aliphatic carbocycles. The molecule has 0 bridgehead atoms. The van der Waals surface area contributed by atoms with Crippen molar-refractivity contribution in [2.24, 2.45) is 0 Å². The highest BCUT2D eigenvalue weighted by atomic mass is 16.7. The minimum atomic E-state index is -0.480. The fraction of sp³-hybridized carbons (Fsp3) is 0.800. The molecule has 21 heavy (non-hydrogen) atoms. The Kier molecular flexibility index (Phi) is 3.91. The number of rotatable bonds is 2. The van der Waals surface area contributed by atoms with Crippen molar-refractivity contribution < 1.29 is 18.8 Å². The molecule has 1 aliphatic heterocycles. The predicted octanol–water partition coefficient (Wildman–Crippen LogP) is 2.84. The van der Waals surface area contributed by atoms with E-state index in [2.05, 4.69) is 5.32 Å². The maximum atomic E-state index is 11.7. The van der Waals surface area contributed by atoms with Gasteiger partial charge in [0.2, 0.25) is 0 Å². The molecule has 118 valence electrons. The van der Waals surface area contributed by atoms with Gasteiger partial charge in [0.05, 0.1) is 17.2 Å². The zero-order chi connectivity index (χ0) is 16.1. The van der Waals surface area contributed by atoms with Crippen molar-refractivity contribution in [2.75, 3.05) is 0 Å². The van der Waals surface area contributed by atoms with Gasteiger partial charge < -0.3 is 19.4 Å². The molecule has 6 heteroatoms. The number of amides is 1. The van der Waals surface area contributed by atoms with Gasteiger partial charge in [-0.1, -0.05) is 6.08 Å². The Bertz CT molecular complexity index is 449. The Labute approximate surface area is 127 Å². The van der Waals surface area contributed by atoms with Gasteiger partial charge in [0.15, 0.2) is 0 Å². The average molecular weight is 295 g/mol. The Hall–Kier alpha value is -1.01. The van der Waals surface area contributed by atoms with E-state index in [1.165, 1.54) is 0 Å². The van der Waals surface area contributed by atoms with Crippen molar-refractivity contribution in [1.82, 2.24) is 5.32 Å². The van der Waals surface area contributed by atoms with E-state index in [1.807, 2.05) is 54.5 Å². The minimum Gasteiger partial charge on any atom is -0.444 e. The standard InChI is InChI=1S/C15H26BNO4/c1-13(2,3)19-12(18)17-11-8-10(9-11)16-20-14(4,5)15(6,7)21-16/h8,11H,9H2,1-7H3,(H,17,18). The largest absolute Gasteiger partial charge is 0.490 e. The molecule has 1 amide bonds. The van der Waals surface area contributed by atoms with Crippen LogP contribution in [0.5, 0.6) is 0 Å². The second kappa shape index (κ2) is 5.02. The van der Waals surface area contributed by atoms with Gasteiger partial charge in [0.25, 0.3) is 0 Å². The molecular weight excluding hydrogens is 269 g/mol. The van der Waals surface area contributed by atoms with Crippen LogP contribution in [0.1, 0.15) is 54.9 Å². The summed E-state index contributed by atoms with van der Waals surface area (Å²) in [4.78, 5) is 11.7. The van der Waals surface area contributed by atoms with Crippen LogP contribution in [0, 0.1) is 0 Å². The predicted molar refractivity (Wildman–Crippen MR) is 81.9 cm³/mol. The number of ether oxygens (including phenoxy) is 1. The molecule has 2 aliphatic rings. The molecule has 0 saturated carbocycles. The fourth-order valence-electron chi connectivity index (χ4n) is 2.20. The van der Waals surface area contributed by atoms with Crippen LogP contribution in [0.25, 0.3) is 0 Å². The normalized spacial score (nSPS) is 26.9. The number of hydrogen-bond donors (Lipinski definition) is 1. The summed E-state index contributed by atoms with van der Waals surface area (Å²) in [6.45, 7) is 13.7. The number of nitrogens with one attached hydrogen (secondary N) is 1. The Morgan fingerprint density at radius 1 is 1.29 bits per heavy atom. The molecule has 1 N–H and O–H groups in total. The van der Waals surface area contributed by atoms with E-state index in [0.717, 1.165) is 11.9 Å². The van der Waals surface area contributed by atoms with Gasteiger partial charge in [-0.15, -0.1) is 0 Å². The number of alkyl carbamates (subject to hydrolysis) is 1. The van der Waals surface area contributed by atoms with Crippen LogP contribution in [0.3, 0.4) is 0 Å². The molecule has 1 saturated heterocycles. The molecule has 5 nitrogen and oxygen atoms in total. The SMILES string of the molecule is CC(C)(C)OC(=O)NC1C=C(B2OC(C)(C)C(C)(C)O2)C1. The molecule has 2 rings (SSSR count). The van der Waals surface area contributed by atoms with Crippen molar-refractivity contribution >= 4 is 13.2 Å². The van der Waals surface area contributed by atoms with E-state index >= 15 is 0 Å². The van der Waals surface area contributed by atoms with E-state index in [1.54, 1.807) is 0 Å². The van der Waals surface area contributed by atoms with Crippen molar-refractivity contribution in [3.63, 3.8) is 0 Å². The van der Waals surface area contributed by atoms with Crippen molar-refractivity contribution in [1.29, 1.82) is 0 Å². The van der Waals surface area contributed by atoms with E-state index in [-0.39, 0.29) is 24.4 Å². The van der Waals surface area contributed by atoms with Crippen molar-refractivity contribution in [3.05, 3.63) is 11.5 Å². The summed E-state index contributed by atoms with van der Waals surface area (Å²) >= 11 is 0. The minimum absolute atomic E-state index is 0.00567. The van der Waals surface area contributed by atoms with E-state index in [9.17, 15) is 4.79 Å². The Morgan fingerprint density at radius 3 is 2.19 bits per heavy atom. The van der Waals surface area contributed by atoms with Crippen molar-refractivity contribution in [3.8, 4) is 0 Å². The molecule has 0 radical (unpaired) electrons. The molecule has 0 spiro atoms. The lowest BCUT2D eigenvalue weighted by molar-refractivity contribution is 0.00578. The highest BCUT2D eigenvalue weighted by Crippen LogP contribution is 2.40. The average Bonchev–Trinajstić information content (AvgIpc) is 2.38. The van der Waals surface area contributed by atoms with E-state index < -0.39 is 11.7 Å². The highest BCUT2D eigenvalue weighted by molar-refractivity contribution is 6.55. The van der Waals surface area contributed by atoms with Crippen LogP contribution in [0.4, 0.5) is 4.79 Å². The molecular formula is C15H26BNO4. The second-order valence-electron chi connectivity index (χ2n) is 7.79. The first-order valence-electron chi connectivity index (χ1n) is 7.45. The summed E-state index contributed by atoms with van der Waals surface area (Å²) in [6.07, 6.45) is 2.32. The number of carbonyl (C=O) groups is 1. The summed E-state index contributed by atoms with van der Waals surface area (Å²) in [5.74, 6) is 0. The molecule has 1 fully saturated rings. The fourth-order valence-corrected chi connectivity index (χ4v) is 2.20. The lowest BCUT2D eigenvalue weighted by Crippen LogP contribution is -2.44. The second-order valence-corrected chi connectivity index (χ2v) is 7.79. The van der Waals surface area contributed by atoms with Crippen LogP contribution in [0.15, 0.2) is 11.5 Å².